The van der Waals surface area contributed by atoms with Gasteiger partial charge in [0.25, 0.3) is 0 Å². The highest BCUT2D eigenvalue weighted by molar-refractivity contribution is 5.85. The van der Waals surface area contributed by atoms with Gasteiger partial charge in [0, 0.05) is 13.1 Å². The number of benzene rings is 1. The minimum Gasteiger partial charge on any atom is -0.481 e. The number of amides is 1. The number of tetrazole rings is 1. The molecule has 2 heterocycles. The third-order valence-corrected chi connectivity index (χ3v) is 4.33. The number of para-hydroxylation sites is 1. The van der Waals surface area contributed by atoms with Crippen LogP contribution in [-0.2, 0) is 9.59 Å². The summed E-state index contributed by atoms with van der Waals surface area (Å²) < 4.78 is 1.53. The Bertz CT molecular complexity index is 747. The Balaban J connectivity index is 1.72. The Hall–Kier alpha value is -2.97. The normalized spacial score (nSPS) is 18.1. The molecule has 1 amide bonds. The van der Waals surface area contributed by atoms with Gasteiger partial charge >= 0.3 is 5.97 Å². The van der Waals surface area contributed by atoms with Crippen molar-refractivity contribution in [2.45, 2.75) is 25.8 Å². The Kier molecular flexibility index (Phi) is 4.92. The fourth-order valence-electron chi connectivity index (χ4n) is 2.90. The molecule has 1 aromatic heterocycles. The molecule has 2 N–H and O–H groups in total. The summed E-state index contributed by atoms with van der Waals surface area (Å²) in [6.07, 6.45) is 1.02. The monoisotopic (exact) mass is 344 g/mol. The fourth-order valence-corrected chi connectivity index (χ4v) is 2.90. The lowest BCUT2D eigenvalue weighted by Crippen LogP contribution is -2.42. The number of aromatic nitrogens is 4. The molecule has 0 spiro atoms. The van der Waals surface area contributed by atoms with Crippen molar-refractivity contribution >= 4 is 17.8 Å². The summed E-state index contributed by atoms with van der Waals surface area (Å²) in [6, 6.07) is 8.86. The second-order valence-corrected chi connectivity index (χ2v) is 5.96. The van der Waals surface area contributed by atoms with Gasteiger partial charge in [-0.05, 0) is 35.4 Å². The van der Waals surface area contributed by atoms with Gasteiger partial charge in [-0.2, -0.15) is 4.68 Å². The van der Waals surface area contributed by atoms with Gasteiger partial charge in [0.05, 0.1) is 11.6 Å². The average Bonchev–Trinajstić information content (AvgIpc) is 3.29. The lowest BCUT2D eigenvalue weighted by molar-refractivity contribution is -0.141. The first-order valence-corrected chi connectivity index (χ1v) is 8.22. The number of aliphatic carboxylic acids is 1. The van der Waals surface area contributed by atoms with Crippen molar-refractivity contribution in [2.75, 3.05) is 18.4 Å². The van der Waals surface area contributed by atoms with Crippen molar-refractivity contribution in [3.63, 3.8) is 0 Å². The van der Waals surface area contributed by atoms with Crippen LogP contribution in [0.25, 0.3) is 5.69 Å². The predicted octanol–water partition coefficient (Wildman–Crippen LogP) is 0.786. The number of anilines is 1. The van der Waals surface area contributed by atoms with E-state index in [1.807, 2.05) is 37.3 Å². The molecule has 0 bridgehead atoms. The fraction of sp³-hybridized carbons (Fsp3) is 0.438. The van der Waals surface area contributed by atoms with Crippen LogP contribution < -0.4 is 5.32 Å². The molecule has 0 saturated carbocycles. The molecule has 0 radical (unpaired) electrons. The van der Waals surface area contributed by atoms with E-state index in [9.17, 15) is 9.59 Å². The van der Waals surface area contributed by atoms with E-state index in [-0.39, 0.29) is 12.5 Å². The van der Waals surface area contributed by atoms with E-state index in [4.69, 9.17) is 5.11 Å². The molecule has 0 unspecified atom stereocenters. The van der Waals surface area contributed by atoms with Crippen LogP contribution in [0.3, 0.4) is 0 Å². The van der Waals surface area contributed by atoms with Gasteiger partial charge < -0.3 is 15.3 Å². The number of hydrogen-bond acceptors (Lipinski definition) is 6. The van der Waals surface area contributed by atoms with E-state index >= 15 is 0 Å². The lowest BCUT2D eigenvalue weighted by atomic mass is 10.1. The largest absolute Gasteiger partial charge is 0.481 e. The zero-order chi connectivity index (χ0) is 17.8. The van der Waals surface area contributed by atoms with Crippen LogP contribution in [0.5, 0.6) is 0 Å². The molecule has 132 valence electrons. The number of nitrogens with zero attached hydrogens (tertiary/aromatic N) is 5. The molecule has 0 aliphatic carbocycles. The SMILES string of the molecule is CC[C@@H](Nc1nnnn1-c1ccccc1)C(=O)N1CC[C@@H](C(=O)O)C1. The lowest BCUT2D eigenvalue weighted by Gasteiger charge is -2.23. The van der Waals surface area contributed by atoms with Gasteiger partial charge in [0.15, 0.2) is 0 Å². The van der Waals surface area contributed by atoms with Crippen molar-refractivity contribution in [2.24, 2.45) is 5.92 Å². The van der Waals surface area contributed by atoms with E-state index in [0.717, 1.165) is 5.69 Å². The van der Waals surface area contributed by atoms with Gasteiger partial charge in [0.2, 0.25) is 11.9 Å². The molecular weight excluding hydrogens is 324 g/mol. The van der Waals surface area contributed by atoms with Crippen molar-refractivity contribution in [1.29, 1.82) is 0 Å². The molecule has 9 heteroatoms. The van der Waals surface area contributed by atoms with Crippen LogP contribution in [-0.4, -0.2) is 61.2 Å². The van der Waals surface area contributed by atoms with Crippen LogP contribution in [0.4, 0.5) is 5.95 Å². The molecule has 1 aliphatic heterocycles. The molecule has 9 nitrogen and oxygen atoms in total. The zero-order valence-electron chi connectivity index (χ0n) is 13.9. The maximum absolute atomic E-state index is 12.7. The maximum atomic E-state index is 12.7. The van der Waals surface area contributed by atoms with E-state index in [1.54, 1.807) is 4.90 Å². The Morgan fingerprint density at radius 1 is 1.36 bits per heavy atom. The second kappa shape index (κ2) is 7.29. The number of carbonyl (C=O) groups is 2. The van der Waals surface area contributed by atoms with Crippen LogP contribution in [0, 0.1) is 5.92 Å². The summed E-state index contributed by atoms with van der Waals surface area (Å²) in [6.45, 7) is 2.59. The number of carboxylic acid groups (broad SMARTS) is 1. The molecule has 25 heavy (non-hydrogen) atoms. The summed E-state index contributed by atoms with van der Waals surface area (Å²) in [5.41, 5.74) is 0.782. The molecule has 2 aromatic rings. The molecule has 1 aromatic carbocycles. The minimum absolute atomic E-state index is 0.131. The highest BCUT2D eigenvalue weighted by atomic mass is 16.4. The van der Waals surface area contributed by atoms with Gasteiger partial charge in [0.1, 0.15) is 6.04 Å². The first kappa shape index (κ1) is 16.9. The summed E-state index contributed by atoms with van der Waals surface area (Å²) in [7, 11) is 0. The Morgan fingerprint density at radius 3 is 2.76 bits per heavy atom. The molecular formula is C16H20N6O3. The molecule has 3 rings (SSSR count). The number of rotatable bonds is 6. The van der Waals surface area contributed by atoms with Gasteiger partial charge in [-0.25, -0.2) is 0 Å². The van der Waals surface area contributed by atoms with Crippen molar-refractivity contribution in [1.82, 2.24) is 25.1 Å². The first-order chi connectivity index (χ1) is 12.1. The number of carbonyl (C=O) groups excluding carboxylic acids is 1. The average molecular weight is 344 g/mol. The molecule has 2 atom stereocenters. The smallest absolute Gasteiger partial charge is 0.308 e. The van der Waals surface area contributed by atoms with E-state index in [0.29, 0.717) is 25.3 Å². The third-order valence-electron chi connectivity index (χ3n) is 4.33. The van der Waals surface area contributed by atoms with Crippen LogP contribution in [0.15, 0.2) is 30.3 Å². The second-order valence-electron chi connectivity index (χ2n) is 5.96. The van der Waals surface area contributed by atoms with Crippen molar-refractivity contribution in [3.05, 3.63) is 30.3 Å². The Labute approximate surface area is 144 Å². The predicted molar refractivity (Wildman–Crippen MR) is 89.2 cm³/mol. The van der Waals surface area contributed by atoms with E-state index < -0.39 is 17.9 Å². The van der Waals surface area contributed by atoms with Gasteiger partial charge in [-0.15, -0.1) is 0 Å². The number of carboxylic acids is 1. The highest BCUT2D eigenvalue weighted by Crippen LogP contribution is 2.19. The van der Waals surface area contributed by atoms with Gasteiger partial charge in [-0.1, -0.05) is 30.2 Å². The summed E-state index contributed by atoms with van der Waals surface area (Å²) in [5, 5.41) is 23.8. The maximum Gasteiger partial charge on any atom is 0.308 e. The zero-order valence-corrected chi connectivity index (χ0v) is 13.9. The number of likely N-dealkylation sites (tertiary alicyclic amines) is 1. The third kappa shape index (κ3) is 3.59. The van der Waals surface area contributed by atoms with E-state index in [1.165, 1.54) is 4.68 Å². The van der Waals surface area contributed by atoms with Crippen molar-refractivity contribution in [3.8, 4) is 5.69 Å². The Morgan fingerprint density at radius 2 is 2.12 bits per heavy atom. The number of hydrogen-bond donors (Lipinski definition) is 2. The topological polar surface area (TPSA) is 113 Å². The quantitative estimate of drug-likeness (QED) is 0.796. The standard InChI is InChI=1S/C16H20N6O3/c1-2-13(14(23)21-9-8-11(10-21)15(24)25)17-16-18-19-20-22(16)12-6-4-3-5-7-12/h3-7,11,13H,2,8-10H2,1H3,(H,24,25)(H,17,18,20)/t11-,13-/m1/s1. The number of nitrogens with one attached hydrogen (secondary N) is 1. The molecule has 1 saturated heterocycles. The van der Waals surface area contributed by atoms with Crippen LogP contribution in [0.2, 0.25) is 0 Å². The van der Waals surface area contributed by atoms with Crippen LogP contribution >= 0.6 is 0 Å². The minimum atomic E-state index is -0.857. The first-order valence-electron chi connectivity index (χ1n) is 8.22. The van der Waals surface area contributed by atoms with Gasteiger partial charge in [-0.3, -0.25) is 9.59 Å². The summed E-state index contributed by atoms with van der Waals surface area (Å²) in [4.78, 5) is 25.4. The summed E-state index contributed by atoms with van der Waals surface area (Å²) in [5.74, 6) is -1.10. The van der Waals surface area contributed by atoms with Crippen LogP contribution in [0.1, 0.15) is 19.8 Å². The summed E-state index contributed by atoms with van der Waals surface area (Å²) >= 11 is 0. The molecule has 1 fully saturated rings. The highest BCUT2D eigenvalue weighted by Gasteiger charge is 2.34. The molecule has 1 aliphatic rings. The van der Waals surface area contributed by atoms with Crippen molar-refractivity contribution < 1.29 is 14.7 Å². The van der Waals surface area contributed by atoms with E-state index in [2.05, 4.69) is 20.8 Å².